The fourth-order valence-electron chi connectivity index (χ4n) is 2.00. The van der Waals surface area contributed by atoms with Gasteiger partial charge in [-0.05, 0) is 27.2 Å². The van der Waals surface area contributed by atoms with Gasteiger partial charge in [0, 0.05) is 6.04 Å². The Kier molecular flexibility index (Phi) is 1.74. The van der Waals surface area contributed by atoms with Gasteiger partial charge in [-0.2, -0.15) is 0 Å². The summed E-state index contributed by atoms with van der Waals surface area (Å²) in [4.78, 5) is 12.5. The van der Waals surface area contributed by atoms with E-state index in [2.05, 4.69) is 0 Å². The molecule has 0 aromatic heterocycles. The molecule has 1 fully saturated rings. The van der Waals surface area contributed by atoms with Gasteiger partial charge in [0.15, 0.2) is 0 Å². The molecule has 11 heavy (non-hydrogen) atoms. The molecule has 0 aliphatic carbocycles. The van der Waals surface area contributed by atoms with Gasteiger partial charge in [0.2, 0.25) is 0 Å². The predicted molar refractivity (Wildman–Crippen MR) is 43.8 cm³/mol. The zero-order valence-corrected chi connectivity index (χ0v) is 7.22. The van der Waals surface area contributed by atoms with Gasteiger partial charge in [-0.1, -0.05) is 0 Å². The van der Waals surface area contributed by atoms with Gasteiger partial charge in [0.1, 0.15) is 6.29 Å². The molecular formula is C8H14N2O. The molecule has 0 spiro atoms. The summed E-state index contributed by atoms with van der Waals surface area (Å²) in [5, 5.41) is 7.41. The predicted octanol–water partition coefficient (Wildman–Crippen LogP) is 1.04. The average molecular weight is 154 g/mol. The van der Waals surface area contributed by atoms with Crippen molar-refractivity contribution in [3.05, 3.63) is 0 Å². The molecule has 0 saturated carbocycles. The first-order chi connectivity index (χ1) is 5.01. The molecule has 2 unspecified atom stereocenters. The Labute approximate surface area is 66.9 Å². The van der Waals surface area contributed by atoms with Crippen molar-refractivity contribution in [3.63, 3.8) is 0 Å². The molecule has 0 aromatic carbocycles. The number of hydrogen-bond donors (Lipinski definition) is 1. The maximum atomic E-state index is 10.6. The smallest absolute Gasteiger partial charge is 0.145 e. The normalized spacial score (nSPS) is 36.3. The summed E-state index contributed by atoms with van der Waals surface area (Å²) in [6.45, 7) is 5.62. The summed E-state index contributed by atoms with van der Waals surface area (Å²) >= 11 is 0. The van der Waals surface area contributed by atoms with Crippen LogP contribution in [0.15, 0.2) is 0 Å². The first kappa shape index (κ1) is 8.24. The van der Waals surface area contributed by atoms with Crippen LogP contribution in [0.2, 0.25) is 0 Å². The Morgan fingerprint density at radius 1 is 1.82 bits per heavy atom. The number of aldehydes is 1. The lowest BCUT2D eigenvalue weighted by Crippen LogP contribution is -2.65. The highest BCUT2D eigenvalue weighted by Crippen LogP contribution is 2.34. The van der Waals surface area contributed by atoms with E-state index in [9.17, 15) is 4.79 Å². The topological polar surface area (TPSA) is 44.2 Å². The summed E-state index contributed by atoms with van der Waals surface area (Å²) in [7, 11) is 0. The monoisotopic (exact) mass is 154 g/mol. The van der Waals surface area contributed by atoms with E-state index in [1.54, 1.807) is 6.92 Å². The Bertz CT molecular complexity index is 202. The van der Waals surface area contributed by atoms with Gasteiger partial charge in [-0.25, -0.2) is 0 Å². The van der Waals surface area contributed by atoms with Crippen molar-refractivity contribution in [2.75, 3.05) is 0 Å². The number of carbonyl (C=O) groups excluding carboxylic acids is 1. The second-order valence-corrected chi connectivity index (χ2v) is 3.48. The molecule has 0 amide bonds. The largest absolute Gasteiger partial charge is 0.346 e. The van der Waals surface area contributed by atoms with Gasteiger partial charge in [0.05, 0.1) is 11.4 Å². The SMILES string of the molecule is CC(=N)N1C(C)CC1(C)C=O. The van der Waals surface area contributed by atoms with Gasteiger partial charge < -0.3 is 9.69 Å². The Morgan fingerprint density at radius 3 is 2.55 bits per heavy atom. The molecule has 1 N–H and O–H groups in total. The van der Waals surface area contributed by atoms with Crippen LogP contribution in [0.3, 0.4) is 0 Å². The standard InChI is InChI=1S/C8H14N2O/c1-6-4-8(3,5-11)10(6)7(2)9/h5-6,9H,4H2,1-3H3. The summed E-state index contributed by atoms with van der Waals surface area (Å²) in [6.07, 6.45) is 1.80. The van der Waals surface area contributed by atoms with Gasteiger partial charge in [-0.3, -0.25) is 5.41 Å². The van der Waals surface area contributed by atoms with Crippen molar-refractivity contribution in [3.8, 4) is 0 Å². The van der Waals surface area contributed by atoms with Crippen LogP contribution in [0.4, 0.5) is 0 Å². The third-order valence-corrected chi connectivity index (χ3v) is 2.32. The van der Waals surface area contributed by atoms with Gasteiger partial charge in [-0.15, -0.1) is 0 Å². The summed E-state index contributed by atoms with van der Waals surface area (Å²) in [6, 6.07) is 0.350. The molecule has 1 rings (SSSR count). The Hall–Kier alpha value is -0.860. The number of hydrogen-bond acceptors (Lipinski definition) is 2. The molecule has 2 atom stereocenters. The highest BCUT2D eigenvalue weighted by molar-refractivity contribution is 5.84. The first-order valence-corrected chi connectivity index (χ1v) is 3.82. The molecule has 1 saturated heterocycles. The minimum absolute atomic E-state index is 0.350. The third kappa shape index (κ3) is 1.04. The zero-order valence-electron chi connectivity index (χ0n) is 7.22. The van der Waals surface area contributed by atoms with Crippen molar-refractivity contribution < 1.29 is 4.79 Å². The van der Waals surface area contributed by atoms with Crippen LogP contribution >= 0.6 is 0 Å². The van der Waals surface area contributed by atoms with Crippen molar-refractivity contribution in [1.29, 1.82) is 5.41 Å². The van der Waals surface area contributed by atoms with E-state index in [0.717, 1.165) is 12.7 Å². The fourth-order valence-corrected chi connectivity index (χ4v) is 2.00. The van der Waals surface area contributed by atoms with E-state index in [-0.39, 0.29) is 0 Å². The second kappa shape index (κ2) is 2.32. The average Bonchev–Trinajstić information content (AvgIpc) is 1.84. The number of nitrogens with zero attached hydrogens (tertiary/aromatic N) is 1. The lowest BCUT2D eigenvalue weighted by atomic mass is 9.81. The second-order valence-electron chi connectivity index (χ2n) is 3.48. The summed E-state index contributed by atoms with van der Waals surface area (Å²) in [5.41, 5.74) is -0.398. The number of carbonyl (C=O) groups is 1. The lowest BCUT2D eigenvalue weighted by molar-refractivity contribution is -0.124. The number of rotatable bonds is 1. The minimum Gasteiger partial charge on any atom is -0.346 e. The van der Waals surface area contributed by atoms with E-state index in [1.165, 1.54) is 0 Å². The van der Waals surface area contributed by atoms with Crippen LogP contribution in [0.25, 0.3) is 0 Å². The summed E-state index contributed by atoms with van der Waals surface area (Å²) in [5.74, 6) is 0.485. The Balaban J connectivity index is 2.76. The van der Waals surface area contributed by atoms with E-state index in [1.807, 2.05) is 18.7 Å². The molecular weight excluding hydrogens is 140 g/mol. The molecule has 3 heteroatoms. The highest BCUT2D eigenvalue weighted by Gasteiger charge is 2.46. The molecule has 1 aliphatic rings. The van der Waals surface area contributed by atoms with Gasteiger partial charge in [0.25, 0.3) is 0 Å². The third-order valence-electron chi connectivity index (χ3n) is 2.32. The molecule has 0 bridgehead atoms. The highest BCUT2D eigenvalue weighted by atomic mass is 16.1. The minimum atomic E-state index is -0.398. The van der Waals surface area contributed by atoms with Crippen molar-refractivity contribution in [2.45, 2.75) is 38.8 Å². The number of nitrogens with one attached hydrogen (secondary N) is 1. The lowest BCUT2D eigenvalue weighted by Gasteiger charge is -2.53. The van der Waals surface area contributed by atoms with Crippen molar-refractivity contribution in [1.82, 2.24) is 4.90 Å². The van der Waals surface area contributed by atoms with Crippen LogP contribution < -0.4 is 0 Å². The van der Waals surface area contributed by atoms with Crippen LogP contribution in [0, 0.1) is 5.41 Å². The molecule has 62 valence electrons. The Morgan fingerprint density at radius 2 is 2.36 bits per heavy atom. The maximum Gasteiger partial charge on any atom is 0.145 e. The molecule has 0 aromatic rings. The van der Waals surface area contributed by atoms with E-state index < -0.39 is 5.54 Å². The molecule has 0 radical (unpaired) electrons. The van der Waals surface area contributed by atoms with Gasteiger partial charge >= 0.3 is 0 Å². The van der Waals surface area contributed by atoms with Crippen LogP contribution in [-0.4, -0.2) is 28.6 Å². The maximum absolute atomic E-state index is 10.6. The molecule has 1 heterocycles. The van der Waals surface area contributed by atoms with E-state index in [4.69, 9.17) is 5.41 Å². The molecule has 1 aliphatic heterocycles. The zero-order chi connectivity index (χ0) is 8.65. The van der Waals surface area contributed by atoms with Crippen molar-refractivity contribution in [2.24, 2.45) is 0 Å². The van der Waals surface area contributed by atoms with E-state index >= 15 is 0 Å². The first-order valence-electron chi connectivity index (χ1n) is 3.82. The van der Waals surface area contributed by atoms with E-state index in [0.29, 0.717) is 11.9 Å². The summed E-state index contributed by atoms with van der Waals surface area (Å²) < 4.78 is 0. The van der Waals surface area contributed by atoms with Crippen LogP contribution in [0.1, 0.15) is 27.2 Å². The van der Waals surface area contributed by atoms with Crippen molar-refractivity contribution >= 4 is 12.1 Å². The van der Waals surface area contributed by atoms with Crippen LogP contribution in [0.5, 0.6) is 0 Å². The molecule has 3 nitrogen and oxygen atoms in total. The quantitative estimate of drug-likeness (QED) is 0.348. The fraction of sp³-hybridized carbons (Fsp3) is 0.750. The number of likely N-dealkylation sites (tertiary alicyclic amines) is 1. The van der Waals surface area contributed by atoms with Crippen LogP contribution in [-0.2, 0) is 4.79 Å². The number of amidine groups is 1.